The van der Waals surface area contributed by atoms with Crippen molar-refractivity contribution in [2.75, 3.05) is 6.54 Å². The van der Waals surface area contributed by atoms with Crippen LogP contribution in [0.5, 0.6) is 5.75 Å². The second-order valence-electron chi connectivity index (χ2n) is 5.09. The molecule has 0 saturated heterocycles. The van der Waals surface area contributed by atoms with Crippen molar-refractivity contribution in [2.24, 2.45) is 0 Å². The monoisotopic (exact) mass is 249 g/mol. The van der Waals surface area contributed by atoms with E-state index in [1.54, 1.807) is 0 Å². The summed E-state index contributed by atoms with van der Waals surface area (Å²) in [5.41, 5.74) is 1.29. The van der Waals surface area contributed by atoms with E-state index in [1.807, 2.05) is 6.07 Å². The van der Waals surface area contributed by atoms with Crippen LogP contribution in [0.1, 0.15) is 52.5 Å². The van der Waals surface area contributed by atoms with E-state index in [9.17, 15) is 0 Å². The number of likely N-dealkylation sites (N-methyl/N-ethyl adjacent to an activating group) is 1. The molecule has 102 valence electrons. The normalized spacial score (nSPS) is 14.6. The largest absolute Gasteiger partial charge is 0.489 e. The maximum atomic E-state index is 6.15. The topological polar surface area (TPSA) is 21.3 Å². The third-order valence-electron chi connectivity index (χ3n) is 3.33. The maximum absolute atomic E-state index is 6.15. The minimum Gasteiger partial charge on any atom is -0.489 e. The molecule has 0 aromatic heterocycles. The van der Waals surface area contributed by atoms with Crippen LogP contribution in [0.15, 0.2) is 24.3 Å². The van der Waals surface area contributed by atoms with E-state index in [4.69, 9.17) is 4.74 Å². The van der Waals surface area contributed by atoms with E-state index in [1.165, 1.54) is 5.56 Å². The Bertz CT molecular complexity index is 349. The Kier molecular flexibility index (Phi) is 6.20. The number of nitrogens with one attached hydrogen (secondary N) is 1. The molecule has 0 spiro atoms. The highest BCUT2D eigenvalue weighted by atomic mass is 16.5. The molecule has 0 bridgehead atoms. The molecule has 1 aromatic carbocycles. The molecule has 0 amide bonds. The number of benzene rings is 1. The van der Waals surface area contributed by atoms with E-state index in [0.29, 0.717) is 12.0 Å². The molecule has 2 nitrogen and oxygen atoms in total. The zero-order chi connectivity index (χ0) is 13.5. The summed E-state index contributed by atoms with van der Waals surface area (Å²) in [6, 6.07) is 8.76. The van der Waals surface area contributed by atoms with Gasteiger partial charge in [-0.05, 0) is 37.4 Å². The molecule has 0 aliphatic heterocycles. The Balaban J connectivity index is 2.77. The average molecular weight is 249 g/mol. The fourth-order valence-corrected chi connectivity index (χ4v) is 2.25. The summed E-state index contributed by atoms with van der Waals surface area (Å²) in [6.45, 7) is 11.9. The third-order valence-corrected chi connectivity index (χ3v) is 3.33. The summed E-state index contributed by atoms with van der Waals surface area (Å²) < 4.78 is 6.15. The number of para-hydroxylation sites is 1. The Labute approximate surface area is 112 Å². The van der Waals surface area contributed by atoms with Crippen LogP contribution < -0.4 is 10.1 Å². The van der Waals surface area contributed by atoms with Gasteiger partial charge >= 0.3 is 0 Å². The Morgan fingerprint density at radius 3 is 2.33 bits per heavy atom. The molecule has 1 N–H and O–H groups in total. The number of hydrogen-bond acceptors (Lipinski definition) is 2. The molecule has 2 atom stereocenters. The lowest BCUT2D eigenvalue weighted by Crippen LogP contribution is -2.40. The second-order valence-corrected chi connectivity index (χ2v) is 5.09. The molecule has 1 aromatic rings. The first-order valence-corrected chi connectivity index (χ1v) is 7.09. The van der Waals surface area contributed by atoms with Gasteiger partial charge in [-0.3, -0.25) is 0 Å². The zero-order valence-electron chi connectivity index (χ0n) is 12.4. The van der Waals surface area contributed by atoms with Crippen LogP contribution in [-0.4, -0.2) is 18.7 Å². The highest BCUT2D eigenvalue weighted by Gasteiger charge is 2.17. The zero-order valence-corrected chi connectivity index (χ0v) is 12.4. The minimum atomic E-state index is 0.190. The van der Waals surface area contributed by atoms with Gasteiger partial charge < -0.3 is 10.1 Å². The van der Waals surface area contributed by atoms with E-state index in [2.05, 4.69) is 58.1 Å². The molecule has 0 saturated carbocycles. The first-order chi connectivity index (χ1) is 8.60. The quantitative estimate of drug-likeness (QED) is 0.789. The Morgan fingerprint density at radius 1 is 1.11 bits per heavy atom. The van der Waals surface area contributed by atoms with Gasteiger partial charge in [0.1, 0.15) is 11.9 Å². The molecular weight excluding hydrogens is 222 g/mol. The highest BCUT2D eigenvalue weighted by Crippen LogP contribution is 2.27. The number of hydrogen-bond donors (Lipinski definition) is 1. The average Bonchev–Trinajstić information content (AvgIpc) is 2.36. The molecule has 0 aliphatic carbocycles. The van der Waals surface area contributed by atoms with Gasteiger partial charge in [0.15, 0.2) is 0 Å². The SMILES string of the molecule is CCNC(CC)C(C)Oc1ccccc1C(C)C. The molecule has 0 aliphatic rings. The van der Waals surface area contributed by atoms with Crippen LogP contribution in [0.4, 0.5) is 0 Å². The molecule has 18 heavy (non-hydrogen) atoms. The molecule has 1 rings (SSSR count). The van der Waals surface area contributed by atoms with Gasteiger partial charge in [-0.15, -0.1) is 0 Å². The molecule has 2 unspecified atom stereocenters. The third kappa shape index (κ3) is 4.02. The smallest absolute Gasteiger partial charge is 0.123 e. The lowest BCUT2D eigenvalue weighted by atomic mass is 10.0. The van der Waals surface area contributed by atoms with Gasteiger partial charge in [0.05, 0.1) is 0 Å². The summed E-state index contributed by atoms with van der Waals surface area (Å²) in [7, 11) is 0. The molecular formula is C16H27NO. The summed E-state index contributed by atoms with van der Waals surface area (Å²) in [6.07, 6.45) is 1.27. The second kappa shape index (κ2) is 7.42. The van der Waals surface area contributed by atoms with Crippen LogP contribution in [0.3, 0.4) is 0 Å². The highest BCUT2D eigenvalue weighted by molar-refractivity contribution is 5.35. The van der Waals surface area contributed by atoms with Crippen LogP contribution in [-0.2, 0) is 0 Å². The van der Waals surface area contributed by atoms with Gasteiger partial charge in [0.25, 0.3) is 0 Å². The predicted octanol–water partition coefficient (Wildman–Crippen LogP) is 3.97. The van der Waals surface area contributed by atoms with E-state index >= 15 is 0 Å². The molecule has 0 heterocycles. The van der Waals surface area contributed by atoms with Crippen LogP contribution in [0.25, 0.3) is 0 Å². The lowest BCUT2D eigenvalue weighted by Gasteiger charge is -2.26. The Hall–Kier alpha value is -1.02. The lowest BCUT2D eigenvalue weighted by molar-refractivity contribution is 0.166. The first kappa shape index (κ1) is 15.0. The molecule has 0 radical (unpaired) electrons. The van der Waals surface area contributed by atoms with Crippen molar-refractivity contribution in [3.63, 3.8) is 0 Å². The molecule has 0 fully saturated rings. The van der Waals surface area contributed by atoms with Gasteiger partial charge in [-0.1, -0.05) is 45.9 Å². The van der Waals surface area contributed by atoms with Crippen molar-refractivity contribution < 1.29 is 4.74 Å². The van der Waals surface area contributed by atoms with E-state index < -0.39 is 0 Å². The Morgan fingerprint density at radius 2 is 1.78 bits per heavy atom. The van der Waals surface area contributed by atoms with E-state index in [-0.39, 0.29) is 6.10 Å². The van der Waals surface area contributed by atoms with Crippen molar-refractivity contribution in [2.45, 2.75) is 59.1 Å². The van der Waals surface area contributed by atoms with Crippen molar-refractivity contribution in [3.8, 4) is 5.75 Å². The van der Waals surface area contributed by atoms with Crippen LogP contribution >= 0.6 is 0 Å². The van der Waals surface area contributed by atoms with Crippen LogP contribution in [0, 0.1) is 0 Å². The maximum Gasteiger partial charge on any atom is 0.123 e. The van der Waals surface area contributed by atoms with Crippen molar-refractivity contribution >= 4 is 0 Å². The van der Waals surface area contributed by atoms with Crippen molar-refractivity contribution in [1.29, 1.82) is 0 Å². The fourth-order valence-electron chi connectivity index (χ4n) is 2.25. The standard InChI is InChI=1S/C16H27NO/c1-6-15(17-7-2)13(5)18-16-11-9-8-10-14(16)12(3)4/h8-13,15,17H,6-7H2,1-5H3. The minimum absolute atomic E-state index is 0.190. The summed E-state index contributed by atoms with van der Waals surface area (Å²) in [4.78, 5) is 0. The van der Waals surface area contributed by atoms with Gasteiger partial charge in [-0.25, -0.2) is 0 Å². The van der Waals surface area contributed by atoms with Crippen LogP contribution in [0.2, 0.25) is 0 Å². The van der Waals surface area contributed by atoms with E-state index in [0.717, 1.165) is 18.7 Å². The van der Waals surface area contributed by atoms with Crippen molar-refractivity contribution in [1.82, 2.24) is 5.32 Å². The van der Waals surface area contributed by atoms with Crippen molar-refractivity contribution in [3.05, 3.63) is 29.8 Å². The fraction of sp³-hybridized carbons (Fsp3) is 0.625. The number of rotatable bonds is 7. The first-order valence-electron chi connectivity index (χ1n) is 7.09. The van der Waals surface area contributed by atoms with Gasteiger partial charge in [0, 0.05) is 6.04 Å². The molecule has 2 heteroatoms. The summed E-state index contributed by atoms with van der Waals surface area (Å²) >= 11 is 0. The summed E-state index contributed by atoms with van der Waals surface area (Å²) in [5.74, 6) is 1.52. The summed E-state index contributed by atoms with van der Waals surface area (Å²) in [5, 5.41) is 3.48. The van der Waals surface area contributed by atoms with Gasteiger partial charge in [0.2, 0.25) is 0 Å². The number of ether oxygens (including phenoxy) is 1. The van der Waals surface area contributed by atoms with Gasteiger partial charge in [-0.2, -0.15) is 0 Å². The predicted molar refractivity (Wildman–Crippen MR) is 78.4 cm³/mol.